The lowest BCUT2D eigenvalue weighted by molar-refractivity contribution is 0.102. The number of anilines is 1. The van der Waals surface area contributed by atoms with Gasteiger partial charge in [0.2, 0.25) is 0 Å². The molecule has 5 nitrogen and oxygen atoms in total. The van der Waals surface area contributed by atoms with Gasteiger partial charge in [0, 0.05) is 24.3 Å². The van der Waals surface area contributed by atoms with E-state index in [0.29, 0.717) is 5.69 Å². The summed E-state index contributed by atoms with van der Waals surface area (Å²) in [7, 11) is 0. The van der Waals surface area contributed by atoms with Gasteiger partial charge in [0.1, 0.15) is 0 Å². The first-order chi connectivity index (χ1) is 10.2. The van der Waals surface area contributed by atoms with E-state index < -0.39 is 11.7 Å². The van der Waals surface area contributed by atoms with Gasteiger partial charge in [-0.1, -0.05) is 6.07 Å². The van der Waals surface area contributed by atoms with Crippen molar-refractivity contribution < 1.29 is 9.18 Å². The quantitative estimate of drug-likeness (QED) is 0.803. The highest BCUT2D eigenvalue weighted by Crippen LogP contribution is 2.15. The summed E-state index contributed by atoms with van der Waals surface area (Å²) in [6, 6.07) is 10.3. The number of amides is 1. The number of benzene rings is 1. The number of carbonyl (C=O) groups is 1. The predicted octanol–water partition coefficient (Wildman–Crippen LogP) is 2.66. The average molecular weight is 282 g/mol. The Kier molecular flexibility index (Phi) is 3.42. The molecule has 0 spiro atoms. The van der Waals surface area contributed by atoms with Crippen molar-refractivity contribution in [2.75, 3.05) is 5.32 Å². The van der Waals surface area contributed by atoms with Gasteiger partial charge in [-0.15, -0.1) is 0 Å². The molecule has 1 N–H and O–H groups in total. The number of halogens is 1. The molecule has 0 aliphatic carbocycles. The van der Waals surface area contributed by atoms with Crippen LogP contribution in [0.25, 0.3) is 5.69 Å². The van der Waals surface area contributed by atoms with E-state index in [-0.39, 0.29) is 5.56 Å². The second kappa shape index (κ2) is 5.54. The average Bonchev–Trinajstić information content (AvgIpc) is 3.02. The van der Waals surface area contributed by atoms with E-state index in [9.17, 15) is 9.18 Å². The van der Waals surface area contributed by atoms with Gasteiger partial charge in [-0.3, -0.25) is 9.78 Å². The zero-order valence-corrected chi connectivity index (χ0v) is 10.9. The summed E-state index contributed by atoms with van der Waals surface area (Å²) in [6.07, 6.45) is 5.84. The van der Waals surface area contributed by atoms with Crippen LogP contribution in [0.3, 0.4) is 0 Å². The SMILES string of the molecule is O=C(Nc1cccc(-n2cccn2)c1)c1ccncc1F. The second-order valence-corrected chi connectivity index (χ2v) is 4.31. The Bertz CT molecular complexity index is 771. The maximum atomic E-state index is 13.5. The van der Waals surface area contributed by atoms with E-state index >= 15 is 0 Å². The summed E-state index contributed by atoms with van der Waals surface area (Å²) in [6.45, 7) is 0. The predicted molar refractivity (Wildman–Crippen MR) is 75.7 cm³/mol. The Morgan fingerprint density at radius 3 is 2.86 bits per heavy atom. The van der Waals surface area contributed by atoms with Crippen LogP contribution in [0.4, 0.5) is 10.1 Å². The molecule has 3 rings (SSSR count). The van der Waals surface area contributed by atoms with Crippen molar-refractivity contribution in [2.24, 2.45) is 0 Å². The van der Waals surface area contributed by atoms with Crippen LogP contribution in [0.1, 0.15) is 10.4 Å². The van der Waals surface area contributed by atoms with Gasteiger partial charge in [0.05, 0.1) is 17.4 Å². The fourth-order valence-corrected chi connectivity index (χ4v) is 1.91. The summed E-state index contributed by atoms with van der Waals surface area (Å²) in [5.41, 5.74) is 1.31. The maximum Gasteiger partial charge on any atom is 0.258 e. The minimum Gasteiger partial charge on any atom is -0.322 e. The molecule has 1 amide bonds. The van der Waals surface area contributed by atoms with E-state index in [4.69, 9.17) is 0 Å². The molecule has 0 bridgehead atoms. The van der Waals surface area contributed by atoms with E-state index in [2.05, 4.69) is 15.4 Å². The summed E-state index contributed by atoms with van der Waals surface area (Å²) in [4.78, 5) is 15.6. The fourth-order valence-electron chi connectivity index (χ4n) is 1.91. The van der Waals surface area contributed by atoms with Gasteiger partial charge in [0.15, 0.2) is 5.82 Å². The Balaban J connectivity index is 1.84. The Labute approximate surface area is 120 Å². The summed E-state index contributed by atoms with van der Waals surface area (Å²) >= 11 is 0. The van der Waals surface area contributed by atoms with E-state index in [1.807, 2.05) is 6.07 Å². The van der Waals surface area contributed by atoms with Crippen LogP contribution >= 0.6 is 0 Å². The minimum atomic E-state index is -0.654. The normalized spacial score (nSPS) is 10.3. The van der Waals surface area contributed by atoms with Gasteiger partial charge >= 0.3 is 0 Å². The lowest BCUT2D eigenvalue weighted by Gasteiger charge is -2.08. The van der Waals surface area contributed by atoms with Crippen LogP contribution in [0.15, 0.2) is 61.2 Å². The first-order valence-electron chi connectivity index (χ1n) is 6.25. The first kappa shape index (κ1) is 13.0. The van der Waals surface area contributed by atoms with Gasteiger partial charge in [-0.25, -0.2) is 9.07 Å². The van der Waals surface area contributed by atoms with Crippen molar-refractivity contribution in [3.8, 4) is 5.69 Å². The molecule has 0 aliphatic heterocycles. The van der Waals surface area contributed by atoms with Crippen LogP contribution in [-0.4, -0.2) is 20.7 Å². The van der Waals surface area contributed by atoms with Crippen LogP contribution < -0.4 is 5.32 Å². The lowest BCUT2D eigenvalue weighted by atomic mass is 10.2. The van der Waals surface area contributed by atoms with Crippen molar-refractivity contribution in [2.45, 2.75) is 0 Å². The Hall–Kier alpha value is -3.02. The topological polar surface area (TPSA) is 59.8 Å². The standard InChI is InChI=1S/C15H11FN4O/c16-14-10-17-7-5-13(14)15(21)19-11-3-1-4-12(9-11)20-8-2-6-18-20/h1-10H,(H,19,21). The minimum absolute atomic E-state index is 0.0468. The third-order valence-corrected chi connectivity index (χ3v) is 2.89. The van der Waals surface area contributed by atoms with Crippen molar-refractivity contribution in [3.05, 3.63) is 72.6 Å². The van der Waals surface area contributed by atoms with E-state index in [1.165, 1.54) is 12.3 Å². The molecule has 0 radical (unpaired) electrons. The van der Waals surface area contributed by atoms with Crippen molar-refractivity contribution in [1.29, 1.82) is 0 Å². The molecule has 0 saturated carbocycles. The molecule has 0 unspecified atom stereocenters. The highest BCUT2D eigenvalue weighted by Gasteiger charge is 2.11. The molecule has 104 valence electrons. The second-order valence-electron chi connectivity index (χ2n) is 4.31. The van der Waals surface area contributed by atoms with Gasteiger partial charge in [-0.05, 0) is 30.3 Å². The number of hydrogen-bond acceptors (Lipinski definition) is 3. The molecule has 0 atom stereocenters. The number of pyridine rings is 1. The Morgan fingerprint density at radius 1 is 1.19 bits per heavy atom. The highest BCUT2D eigenvalue weighted by atomic mass is 19.1. The van der Waals surface area contributed by atoms with Crippen molar-refractivity contribution >= 4 is 11.6 Å². The van der Waals surface area contributed by atoms with Crippen LogP contribution in [0, 0.1) is 5.82 Å². The summed E-state index contributed by atoms with van der Waals surface area (Å²) in [5, 5.41) is 6.77. The fraction of sp³-hybridized carbons (Fsp3) is 0. The molecule has 2 heterocycles. The van der Waals surface area contributed by atoms with Crippen molar-refractivity contribution in [3.63, 3.8) is 0 Å². The van der Waals surface area contributed by atoms with Crippen molar-refractivity contribution in [1.82, 2.24) is 14.8 Å². The van der Waals surface area contributed by atoms with E-state index in [0.717, 1.165) is 11.9 Å². The number of carbonyl (C=O) groups excluding carboxylic acids is 1. The van der Waals surface area contributed by atoms with Gasteiger partial charge < -0.3 is 5.32 Å². The molecular formula is C15H11FN4O. The van der Waals surface area contributed by atoms with Gasteiger partial charge in [0.25, 0.3) is 5.91 Å². The Morgan fingerprint density at radius 2 is 2.10 bits per heavy atom. The smallest absolute Gasteiger partial charge is 0.258 e. The van der Waals surface area contributed by atoms with Crippen LogP contribution in [0.2, 0.25) is 0 Å². The molecule has 0 saturated heterocycles. The molecule has 3 aromatic rings. The number of nitrogens with zero attached hydrogens (tertiary/aromatic N) is 3. The molecular weight excluding hydrogens is 271 g/mol. The van der Waals surface area contributed by atoms with E-state index in [1.54, 1.807) is 41.3 Å². The number of nitrogens with one attached hydrogen (secondary N) is 1. The first-order valence-corrected chi connectivity index (χ1v) is 6.25. The summed E-state index contributed by atoms with van der Waals surface area (Å²) in [5.74, 6) is -1.18. The number of hydrogen-bond donors (Lipinski definition) is 1. The molecule has 0 fully saturated rings. The number of rotatable bonds is 3. The maximum absolute atomic E-state index is 13.5. The third kappa shape index (κ3) is 2.79. The highest BCUT2D eigenvalue weighted by molar-refractivity contribution is 6.04. The summed E-state index contributed by atoms with van der Waals surface area (Å²) < 4.78 is 15.2. The number of aromatic nitrogens is 3. The molecule has 21 heavy (non-hydrogen) atoms. The zero-order chi connectivity index (χ0) is 14.7. The molecule has 1 aromatic carbocycles. The lowest BCUT2D eigenvalue weighted by Crippen LogP contribution is -2.14. The molecule has 2 aromatic heterocycles. The van der Waals surface area contributed by atoms with Crippen LogP contribution in [0.5, 0.6) is 0 Å². The molecule has 6 heteroatoms. The largest absolute Gasteiger partial charge is 0.322 e. The van der Waals surface area contributed by atoms with Gasteiger partial charge in [-0.2, -0.15) is 5.10 Å². The zero-order valence-electron chi connectivity index (χ0n) is 10.9. The molecule has 0 aliphatic rings. The monoisotopic (exact) mass is 282 g/mol. The third-order valence-electron chi connectivity index (χ3n) is 2.89. The van der Waals surface area contributed by atoms with Crippen LogP contribution in [-0.2, 0) is 0 Å².